The van der Waals surface area contributed by atoms with Crippen molar-refractivity contribution in [3.8, 4) is 5.75 Å². The Morgan fingerprint density at radius 3 is 2.26 bits per heavy atom. The number of rotatable bonds is 5. The molecule has 2 N–H and O–H groups in total. The number of esters is 1. The van der Waals surface area contributed by atoms with E-state index >= 15 is 0 Å². The highest BCUT2D eigenvalue weighted by Gasteiger charge is 2.13. The number of carbonyl (C=O) groups excluding carboxylic acids is 3. The molecule has 0 bridgehead atoms. The second kappa shape index (κ2) is 10.4. The van der Waals surface area contributed by atoms with Crippen LogP contribution in [-0.4, -0.2) is 24.0 Å². The number of hydrazone groups is 1. The van der Waals surface area contributed by atoms with E-state index in [1.807, 2.05) is 12.1 Å². The molecule has 0 unspecified atom stereocenters. The van der Waals surface area contributed by atoms with E-state index in [4.69, 9.17) is 4.74 Å². The van der Waals surface area contributed by atoms with E-state index in [0.717, 1.165) is 15.7 Å². The lowest BCUT2D eigenvalue weighted by molar-refractivity contribution is -0.136. The molecule has 3 rings (SSSR count). The molecule has 3 aromatic carbocycles. The fraction of sp³-hybridized carbons (Fsp3) is 0. The Balaban J connectivity index is 1.51. The number of nitrogens with zero attached hydrogens (tertiary/aromatic N) is 1. The zero-order valence-electron chi connectivity index (χ0n) is 15.8. The van der Waals surface area contributed by atoms with Crippen LogP contribution in [0, 0.1) is 9.39 Å². The molecule has 2 amide bonds. The van der Waals surface area contributed by atoms with E-state index in [1.54, 1.807) is 36.4 Å². The normalized spacial score (nSPS) is 10.5. The number of hydrogen-bond acceptors (Lipinski definition) is 5. The quantitative estimate of drug-likeness (QED) is 0.131. The lowest BCUT2D eigenvalue weighted by Crippen LogP contribution is -2.32. The number of hydrogen-bond donors (Lipinski definition) is 2. The summed E-state index contributed by atoms with van der Waals surface area (Å²) in [6.07, 6.45) is 1.33. The number of benzene rings is 3. The van der Waals surface area contributed by atoms with Crippen molar-refractivity contribution in [1.29, 1.82) is 0 Å². The highest BCUT2D eigenvalue weighted by molar-refractivity contribution is 14.1. The molecule has 156 valence electrons. The van der Waals surface area contributed by atoms with Crippen molar-refractivity contribution in [3.05, 3.63) is 93.3 Å². The molecule has 9 heteroatoms. The number of ether oxygens (including phenoxy) is 1. The Hall–Kier alpha value is -3.60. The molecule has 0 saturated heterocycles. The highest BCUT2D eigenvalue weighted by atomic mass is 127. The van der Waals surface area contributed by atoms with E-state index in [9.17, 15) is 18.8 Å². The van der Waals surface area contributed by atoms with Gasteiger partial charge in [-0.25, -0.2) is 14.6 Å². The van der Waals surface area contributed by atoms with Crippen molar-refractivity contribution in [1.82, 2.24) is 5.43 Å². The molecule has 3 aromatic rings. The van der Waals surface area contributed by atoms with Crippen molar-refractivity contribution in [3.63, 3.8) is 0 Å². The van der Waals surface area contributed by atoms with Crippen LogP contribution >= 0.6 is 22.6 Å². The van der Waals surface area contributed by atoms with Gasteiger partial charge < -0.3 is 10.1 Å². The average molecular weight is 531 g/mol. The second-order valence-electron chi connectivity index (χ2n) is 6.10. The summed E-state index contributed by atoms with van der Waals surface area (Å²) < 4.78 is 19.0. The second-order valence-corrected chi connectivity index (χ2v) is 7.26. The van der Waals surface area contributed by atoms with Gasteiger partial charge in [-0.3, -0.25) is 9.59 Å². The molecule has 0 fully saturated rings. The van der Waals surface area contributed by atoms with Gasteiger partial charge in [0.2, 0.25) is 0 Å². The van der Waals surface area contributed by atoms with E-state index in [0.29, 0.717) is 16.9 Å². The molecule has 7 nitrogen and oxygen atoms in total. The molecule has 0 heterocycles. The topological polar surface area (TPSA) is 96.9 Å². The zero-order valence-corrected chi connectivity index (χ0v) is 18.0. The van der Waals surface area contributed by atoms with Gasteiger partial charge in [-0.1, -0.05) is 12.1 Å². The van der Waals surface area contributed by atoms with Crippen molar-refractivity contribution in [2.45, 2.75) is 0 Å². The highest BCUT2D eigenvalue weighted by Crippen LogP contribution is 2.17. The summed E-state index contributed by atoms with van der Waals surface area (Å²) in [5.74, 6) is -2.50. The minimum atomic E-state index is -0.983. The third kappa shape index (κ3) is 6.44. The first kappa shape index (κ1) is 22.1. The first-order chi connectivity index (χ1) is 14.9. The largest absolute Gasteiger partial charge is 0.423 e. The monoisotopic (exact) mass is 531 g/mol. The first-order valence-corrected chi connectivity index (χ1v) is 9.97. The maximum absolute atomic E-state index is 12.9. The number of nitrogens with one attached hydrogen (secondary N) is 2. The summed E-state index contributed by atoms with van der Waals surface area (Å²) in [5, 5.41) is 6.03. The Kier molecular flexibility index (Phi) is 7.44. The van der Waals surface area contributed by atoms with Crippen molar-refractivity contribution in [2.75, 3.05) is 5.32 Å². The molecule has 0 aliphatic heterocycles. The molecular formula is C22H15FIN3O4. The Labute approximate surface area is 190 Å². The Morgan fingerprint density at radius 1 is 0.903 bits per heavy atom. The van der Waals surface area contributed by atoms with Crippen LogP contribution in [0.4, 0.5) is 10.1 Å². The summed E-state index contributed by atoms with van der Waals surface area (Å²) in [7, 11) is 0. The SMILES string of the molecule is O=C(N/N=C/c1ccc(OC(=O)c2ccccc2I)cc1)C(=O)Nc1ccc(F)cc1. The molecule has 0 atom stereocenters. The van der Waals surface area contributed by atoms with Crippen molar-refractivity contribution in [2.24, 2.45) is 5.10 Å². The lowest BCUT2D eigenvalue weighted by Gasteiger charge is -2.06. The summed E-state index contributed by atoms with van der Waals surface area (Å²) in [4.78, 5) is 35.8. The van der Waals surface area contributed by atoms with E-state index in [1.165, 1.54) is 18.3 Å². The zero-order chi connectivity index (χ0) is 22.2. The predicted octanol–water partition coefficient (Wildman–Crippen LogP) is 3.74. The molecule has 0 spiro atoms. The van der Waals surface area contributed by atoms with E-state index in [2.05, 4.69) is 38.4 Å². The minimum absolute atomic E-state index is 0.279. The molecule has 0 saturated carbocycles. The van der Waals surface area contributed by atoms with Crippen LogP contribution in [0.5, 0.6) is 5.75 Å². The number of anilines is 1. The third-order valence-electron chi connectivity index (χ3n) is 3.87. The minimum Gasteiger partial charge on any atom is -0.423 e. The molecule has 0 aliphatic carbocycles. The van der Waals surface area contributed by atoms with Gasteiger partial charge in [-0.15, -0.1) is 0 Å². The van der Waals surface area contributed by atoms with Gasteiger partial charge in [0.05, 0.1) is 11.8 Å². The predicted molar refractivity (Wildman–Crippen MR) is 121 cm³/mol. The van der Waals surface area contributed by atoms with Crippen LogP contribution in [0.3, 0.4) is 0 Å². The standard InChI is InChI=1S/C22H15FIN3O4/c23-15-7-9-16(10-8-15)26-20(28)21(29)27-25-13-14-5-11-17(12-6-14)31-22(30)18-3-1-2-4-19(18)24/h1-13H,(H,26,28)(H,27,29)/b25-13+. The Bertz CT molecular complexity index is 1130. The fourth-order valence-corrected chi connectivity index (χ4v) is 2.96. The third-order valence-corrected chi connectivity index (χ3v) is 4.81. The van der Waals surface area contributed by atoms with Crippen LogP contribution < -0.4 is 15.5 Å². The van der Waals surface area contributed by atoms with Gasteiger partial charge in [-0.05, 0) is 88.8 Å². The molecular weight excluding hydrogens is 516 g/mol. The van der Waals surface area contributed by atoms with Crippen LogP contribution in [0.15, 0.2) is 77.9 Å². The summed E-state index contributed by atoms with van der Waals surface area (Å²) in [6, 6.07) is 18.5. The van der Waals surface area contributed by atoms with Crippen LogP contribution in [-0.2, 0) is 9.59 Å². The lowest BCUT2D eigenvalue weighted by atomic mass is 10.2. The summed E-state index contributed by atoms with van der Waals surface area (Å²) in [6.45, 7) is 0. The van der Waals surface area contributed by atoms with Crippen molar-refractivity contribution >= 4 is 52.3 Å². The molecule has 31 heavy (non-hydrogen) atoms. The maximum atomic E-state index is 12.9. The summed E-state index contributed by atoms with van der Waals surface area (Å²) in [5.41, 5.74) is 3.45. The number of halogens is 2. The van der Waals surface area contributed by atoms with Gasteiger partial charge in [0.25, 0.3) is 0 Å². The number of amides is 2. The van der Waals surface area contributed by atoms with Crippen LogP contribution in [0.25, 0.3) is 0 Å². The van der Waals surface area contributed by atoms with Crippen LogP contribution in [0.1, 0.15) is 15.9 Å². The smallest absolute Gasteiger partial charge is 0.344 e. The van der Waals surface area contributed by atoms with Gasteiger partial charge >= 0.3 is 17.8 Å². The molecule has 0 aromatic heterocycles. The molecule has 0 aliphatic rings. The van der Waals surface area contributed by atoms with E-state index < -0.39 is 23.6 Å². The number of carbonyl (C=O) groups is 3. The average Bonchev–Trinajstić information content (AvgIpc) is 2.76. The molecule has 0 radical (unpaired) electrons. The Morgan fingerprint density at radius 2 is 1.58 bits per heavy atom. The van der Waals surface area contributed by atoms with Gasteiger partial charge in [0.15, 0.2) is 0 Å². The van der Waals surface area contributed by atoms with Gasteiger partial charge in [0, 0.05) is 9.26 Å². The summed E-state index contributed by atoms with van der Waals surface area (Å²) >= 11 is 2.06. The maximum Gasteiger partial charge on any atom is 0.344 e. The van der Waals surface area contributed by atoms with Crippen molar-refractivity contribution < 1.29 is 23.5 Å². The fourth-order valence-electron chi connectivity index (χ4n) is 2.35. The van der Waals surface area contributed by atoms with E-state index in [-0.39, 0.29) is 5.69 Å². The van der Waals surface area contributed by atoms with Gasteiger partial charge in [0.1, 0.15) is 11.6 Å². The van der Waals surface area contributed by atoms with Crippen LogP contribution in [0.2, 0.25) is 0 Å². The van der Waals surface area contributed by atoms with Gasteiger partial charge in [-0.2, -0.15) is 5.10 Å². The first-order valence-electron chi connectivity index (χ1n) is 8.89.